The summed E-state index contributed by atoms with van der Waals surface area (Å²) in [5, 5.41) is 2.99. The first kappa shape index (κ1) is 8.77. The average Bonchev–Trinajstić information content (AvgIpc) is 2.03. The number of aryl methyl sites for hydroxylation is 1. The second-order valence-electron chi connectivity index (χ2n) is 2.84. The first-order chi connectivity index (χ1) is 5.63. The molecular formula is C8H14N4. The van der Waals surface area contributed by atoms with Crippen LogP contribution in [-0.4, -0.2) is 31.1 Å². The molecule has 12 heavy (non-hydrogen) atoms. The summed E-state index contributed by atoms with van der Waals surface area (Å²) in [6, 6.07) is 1.91. The van der Waals surface area contributed by atoms with Gasteiger partial charge in [-0.05, 0) is 6.92 Å². The zero-order valence-electron chi connectivity index (χ0n) is 7.92. The second kappa shape index (κ2) is 3.38. The molecule has 4 heteroatoms. The maximum Gasteiger partial charge on any atom is 0.226 e. The molecule has 0 aromatic carbocycles. The summed E-state index contributed by atoms with van der Waals surface area (Å²) in [5.41, 5.74) is 0.970. The van der Waals surface area contributed by atoms with E-state index in [1.54, 1.807) is 0 Å². The fourth-order valence-corrected chi connectivity index (χ4v) is 0.881. The van der Waals surface area contributed by atoms with Crippen LogP contribution in [0.4, 0.5) is 11.8 Å². The lowest BCUT2D eigenvalue weighted by molar-refractivity contribution is 0.978. The van der Waals surface area contributed by atoms with E-state index in [1.807, 2.05) is 39.0 Å². The summed E-state index contributed by atoms with van der Waals surface area (Å²) < 4.78 is 0. The number of hydrogen-bond acceptors (Lipinski definition) is 4. The predicted octanol–water partition coefficient (Wildman–Crippen LogP) is 0.893. The predicted molar refractivity (Wildman–Crippen MR) is 50.6 cm³/mol. The van der Waals surface area contributed by atoms with Crippen LogP contribution < -0.4 is 10.2 Å². The van der Waals surface area contributed by atoms with E-state index in [-0.39, 0.29) is 0 Å². The number of nitrogens with zero attached hydrogens (tertiary/aromatic N) is 3. The molecule has 1 rings (SSSR count). The van der Waals surface area contributed by atoms with Crippen LogP contribution in [0.5, 0.6) is 0 Å². The summed E-state index contributed by atoms with van der Waals surface area (Å²) in [6.45, 7) is 1.95. The van der Waals surface area contributed by atoms with Crippen molar-refractivity contribution in [3.63, 3.8) is 0 Å². The first-order valence-electron chi connectivity index (χ1n) is 3.84. The lowest BCUT2D eigenvalue weighted by Crippen LogP contribution is -2.14. The van der Waals surface area contributed by atoms with Crippen LogP contribution in [0.3, 0.4) is 0 Å². The molecular weight excluding hydrogens is 152 g/mol. The van der Waals surface area contributed by atoms with Gasteiger partial charge in [0.15, 0.2) is 0 Å². The van der Waals surface area contributed by atoms with Gasteiger partial charge in [0.2, 0.25) is 5.95 Å². The van der Waals surface area contributed by atoms with Gasteiger partial charge in [-0.1, -0.05) is 0 Å². The lowest BCUT2D eigenvalue weighted by atomic mass is 10.4. The Morgan fingerprint density at radius 2 is 2.00 bits per heavy atom. The van der Waals surface area contributed by atoms with Gasteiger partial charge in [0, 0.05) is 32.9 Å². The lowest BCUT2D eigenvalue weighted by Gasteiger charge is -2.11. The third-order valence-corrected chi connectivity index (χ3v) is 1.50. The zero-order valence-corrected chi connectivity index (χ0v) is 7.92. The third kappa shape index (κ3) is 1.84. The van der Waals surface area contributed by atoms with Crippen molar-refractivity contribution in [2.24, 2.45) is 0 Å². The van der Waals surface area contributed by atoms with Crippen LogP contribution in [0.2, 0.25) is 0 Å². The second-order valence-corrected chi connectivity index (χ2v) is 2.84. The van der Waals surface area contributed by atoms with Gasteiger partial charge in [0.1, 0.15) is 5.82 Å². The van der Waals surface area contributed by atoms with Crippen molar-refractivity contribution in [3.05, 3.63) is 11.8 Å². The Bertz CT molecular complexity index is 270. The van der Waals surface area contributed by atoms with E-state index in [4.69, 9.17) is 0 Å². The molecule has 0 amide bonds. The molecule has 0 fully saturated rings. The topological polar surface area (TPSA) is 41.1 Å². The number of nitrogens with one attached hydrogen (secondary N) is 1. The summed E-state index contributed by atoms with van der Waals surface area (Å²) in [6.07, 6.45) is 0. The minimum atomic E-state index is 0.736. The molecule has 0 spiro atoms. The van der Waals surface area contributed by atoms with Gasteiger partial charge in [0.25, 0.3) is 0 Å². The van der Waals surface area contributed by atoms with Crippen LogP contribution in [0.1, 0.15) is 5.69 Å². The fraction of sp³-hybridized carbons (Fsp3) is 0.500. The van der Waals surface area contributed by atoms with Gasteiger partial charge in [-0.3, -0.25) is 0 Å². The third-order valence-electron chi connectivity index (χ3n) is 1.50. The van der Waals surface area contributed by atoms with Crippen molar-refractivity contribution in [1.82, 2.24) is 9.97 Å². The van der Waals surface area contributed by atoms with Crippen LogP contribution in [0, 0.1) is 6.92 Å². The maximum atomic E-state index is 4.26. The summed E-state index contributed by atoms with van der Waals surface area (Å²) in [4.78, 5) is 10.4. The van der Waals surface area contributed by atoms with E-state index < -0.39 is 0 Å². The Hall–Kier alpha value is -1.32. The highest BCUT2D eigenvalue weighted by atomic mass is 15.2. The van der Waals surface area contributed by atoms with E-state index in [0.29, 0.717) is 0 Å². The summed E-state index contributed by atoms with van der Waals surface area (Å²) >= 11 is 0. The molecule has 0 unspecified atom stereocenters. The largest absolute Gasteiger partial charge is 0.373 e. The standard InChI is InChI=1S/C8H14N4/c1-6-5-7(9-2)11-8(10-6)12(3)4/h5H,1-4H3,(H,9,10,11). The van der Waals surface area contributed by atoms with Crippen LogP contribution >= 0.6 is 0 Å². The Kier molecular flexibility index (Phi) is 2.47. The summed E-state index contributed by atoms with van der Waals surface area (Å²) in [5.74, 6) is 1.59. The molecule has 0 atom stereocenters. The van der Waals surface area contributed by atoms with E-state index in [9.17, 15) is 0 Å². The minimum absolute atomic E-state index is 0.736. The molecule has 0 saturated heterocycles. The van der Waals surface area contributed by atoms with Crippen LogP contribution in [0.15, 0.2) is 6.07 Å². The Balaban J connectivity index is 3.06. The molecule has 0 bridgehead atoms. The number of anilines is 2. The molecule has 0 radical (unpaired) electrons. The molecule has 1 aromatic rings. The Morgan fingerprint density at radius 3 is 2.50 bits per heavy atom. The van der Waals surface area contributed by atoms with E-state index in [0.717, 1.165) is 17.5 Å². The number of aromatic nitrogens is 2. The highest BCUT2D eigenvalue weighted by Crippen LogP contribution is 2.10. The van der Waals surface area contributed by atoms with Crippen molar-refractivity contribution in [1.29, 1.82) is 0 Å². The quantitative estimate of drug-likeness (QED) is 0.708. The van der Waals surface area contributed by atoms with Crippen molar-refractivity contribution in [2.45, 2.75) is 6.92 Å². The van der Waals surface area contributed by atoms with Crippen molar-refractivity contribution >= 4 is 11.8 Å². The first-order valence-corrected chi connectivity index (χ1v) is 3.84. The van der Waals surface area contributed by atoms with E-state index >= 15 is 0 Å². The van der Waals surface area contributed by atoms with Crippen molar-refractivity contribution < 1.29 is 0 Å². The molecule has 4 nitrogen and oxygen atoms in total. The highest BCUT2D eigenvalue weighted by molar-refractivity contribution is 5.42. The average molecular weight is 166 g/mol. The van der Waals surface area contributed by atoms with Gasteiger partial charge < -0.3 is 10.2 Å². The zero-order chi connectivity index (χ0) is 9.14. The smallest absolute Gasteiger partial charge is 0.226 e. The molecule has 0 aliphatic rings. The molecule has 1 aromatic heterocycles. The monoisotopic (exact) mass is 166 g/mol. The normalized spacial score (nSPS) is 9.67. The van der Waals surface area contributed by atoms with Crippen molar-refractivity contribution in [3.8, 4) is 0 Å². The Labute approximate surface area is 72.6 Å². The molecule has 0 saturated carbocycles. The van der Waals surface area contributed by atoms with E-state index in [1.165, 1.54) is 0 Å². The molecule has 66 valence electrons. The van der Waals surface area contributed by atoms with Gasteiger partial charge >= 0.3 is 0 Å². The van der Waals surface area contributed by atoms with Crippen LogP contribution in [-0.2, 0) is 0 Å². The molecule has 1 N–H and O–H groups in total. The van der Waals surface area contributed by atoms with Crippen molar-refractivity contribution in [2.75, 3.05) is 31.4 Å². The van der Waals surface area contributed by atoms with Crippen LogP contribution in [0.25, 0.3) is 0 Å². The van der Waals surface area contributed by atoms with Gasteiger partial charge in [-0.2, -0.15) is 4.98 Å². The van der Waals surface area contributed by atoms with Gasteiger partial charge in [-0.25, -0.2) is 4.98 Å². The SMILES string of the molecule is CNc1cc(C)nc(N(C)C)n1. The maximum absolute atomic E-state index is 4.26. The summed E-state index contributed by atoms with van der Waals surface area (Å²) in [7, 11) is 5.70. The highest BCUT2D eigenvalue weighted by Gasteiger charge is 2.01. The fourth-order valence-electron chi connectivity index (χ4n) is 0.881. The number of hydrogen-bond donors (Lipinski definition) is 1. The number of rotatable bonds is 2. The minimum Gasteiger partial charge on any atom is -0.373 e. The molecule has 0 aliphatic carbocycles. The Morgan fingerprint density at radius 1 is 1.33 bits per heavy atom. The molecule has 1 heterocycles. The van der Waals surface area contributed by atoms with Gasteiger partial charge in [-0.15, -0.1) is 0 Å². The van der Waals surface area contributed by atoms with Gasteiger partial charge in [0.05, 0.1) is 0 Å². The van der Waals surface area contributed by atoms with E-state index in [2.05, 4.69) is 15.3 Å². The molecule has 0 aliphatic heterocycles.